The molecule has 1 saturated heterocycles. The van der Waals surface area contributed by atoms with Gasteiger partial charge in [-0.1, -0.05) is 12.1 Å². The molecule has 1 aliphatic heterocycles. The molecule has 1 unspecified atom stereocenters. The van der Waals surface area contributed by atoms with Crippen molar-refractivity contribution in [1.82, 2.24) is 14.9 Å². The van der Waals surface area contributed by atoms with Crippen molar-refractivity contribution in [2.24, 2.45) is 0 Å². The molecule has 35 heavy (non-hydrogen) atoms. The van der Waals surface area contributed by atoms with E-state index in [9.17, 15) is 10.1 Å². The molecule has 1 atom stereocenters. The highest BCUT2D eigenvalue weighted by atomic mass is 32.1. The predicted molar refractivity (Wildman–Crippen MR) is 136 cm³/mol. The lowest BCUT2D eigenvalue weighted by molar-refractivity contribution is -0.117. The van der Waals surface area contributed by atoms with E-state index in [0.717, 1.165) is 58.2 Å². The Morgan fingerprint density at radius 2 is 2.17 bits per heavy atom. The largest absolute Gasteiger partial charge is 0.457 e. The lowest BCUT2D eigenvalue weighted by Crippen LogP contribution is -2.23. The van der Waals surface area contributed by atoms with Gasteiger partial charge in [0, 0.05) is 24.5 Å². The molecule has 8 heteroatoms. The van der Waals surface area contributed by atoms with E-state index in [4.69, 9.17) is 9.15 Å². The van der Waals surface area contributed by atoms with Crippen LogP contribution in [0.1, 0.15) is 35.6 Å². The summed E-state index contributed by atoms with van der Waals surface area (Å²) in [5, 5.41) is 13.2. The number of nitrogens with zero attached hydrogens (tertiary/aromatic N) is 3. The molecule has 178 valence electrons. The molecule has 1 fully saturated rings. The van der Waals surface area contributed by atoms with Crippen LogP contribution in [0.4, 0.5) is 0 Å². The minimum Gasteiger partial charge on any atom is -0.457 e. The summed E-state index contributed by atoms with van der Waals surface area (Å²) >= 11 is 1.56. The molecular formula is C27H26N4O3S. The van der Waals surface area contributed by atoms with Crippen molar-refractivity contribution in [3.05, 3.63) is 70.7 Å². The van der Waals surface area contributed by atoms with Crippen LogP contribution in [0.25, 0.3) is 27.1 Å². The first kappa shape index (κ1) is 23.1. The average Bonchev–Trinajstić information content (AvgIpc) is 3.66. The molecular weight excluding hydrogens is 460 g/mol. The van der Waals surface area contributed by atoms with Crippen LogP contribution in [0, 0.1) is 25.2 Å². The van der Waals surface area contributed by atoms with Crippen LogP contribution in [-0.2, 0) is 22.6 Å². The lowest BCUT2D eigenvalue weighted by atomic mass is 10.1. The number of carbonyl (C=O) groups excluding carboxylic acids is 1. The van der Waals surface area contributed by atoms with Gasteiger partial charge in [0.1, 0.15) is 17.4 Å². The molecule has 0 spiro atoms. The van der Waals surface area contributed by atoms with Gasteiger partial charge in [-0.3, -0.25) is 4.79 Å². The van der Waals surface area contributed by atoms with E-state index in [1.807, 2.05) is 62.4 Å². The van der Waals surface area contributed by atoms with E-state index in [0.29, 0.717) is 11.5 Å². The third kappa shape index (κ3) is 4.92. The smallest absolute Gasteiger partial charge is 0.262 e. The topological polar surface area (TPSA) is 93.1 Å². The van der Waals surface area contributed by atoms with Crippen LogP contribution < -0.4 is 5.32 Å². The number of fused-ring (bicyclic) bond motifs is 1. The fraction of sp³-hybridized carbons (Fsp3) is 0.296. The van der Waals surface area contributed by atoms with E-state index < -0.39 is 5.91 Å². The quantitative estimate of drug-likeness (QED) is 0.280. The Labute approximate surface area is 207 Å². The van der Waals surface area contributed by atoms with Crippen molar-refractivity contribution >= 4 is 33.5 Å². The minimum atomic E-state index is -0.436. The summed E-state index contributed by atoms with van der Waals surface area (Å²) in [4.78, 5) is 17.4. The van der Waals surface area contributed by atoms with Crippen LogP contribution >= 0.6 is 11.3 Å². The van der Waals surface area contributed by atoms with Crippen molar-refractivity contribution in [3.63, 3.8) is 0 Å². The summed E-state index contributed by atoms with van der Waals surface area (Å²) in [6, 6.07) is 15.6. The summed E-state index contributed by atoms with van der Waals surface area (Å²) in [6.07, 6.45) is 4.02. The second-order valence-electron chi connectivity index (χ2n) is 8.68. The number of hydrogen-bond donors (Lipinski definition) is 1. The molecule has 7 nitrogen and oxygen atoms in total. The van der Waals surface area contributed by atoms with Gasteiger partial charge in [-0.05, 0) is 68.7 Å². The summed E-state index contributed by atoms with van der Waals surface area (Å²) in [6.45, 7) is 5.82. The zero-order valence-electron chi connectivity index (χ0n) is 19.7. The van der Waals surface area contributed by atoms with Crippen LogP contribution in [0.5, 0.6) is 0 Å². The van der Waals surface area contributed by atoms with E-state index in [2.05, 4.69) is 14.9 Å². The maximum absolute atomic E-state index is 12.7. The summed E-state index contributed by atoms with van der Waals surface area (Å²) in [5.74, 6) is 0.819. The van der Waals surface area contributed by atoms with Crippen LogP contribution in [0.15, 0.2) is 52.5 Å². The molecule has 0 saturated carbocycles. The average molecular weight is 487 g/mol. The fourth-order valence-corrected chi connectivity index (χ4v) is 5.31. The first-order chi connectivity index (χ1) is 17.0. The van der Waals surface area contributed by atoms with Crippen molar-refractivity contribution in [2.75, 3.05) is 6.61 Å². The summed E-state index contributed by atoms with van der Waals surface area (Å²) < 4.78 is 15.0. The minimum absolute atomic E-state index is 0.0559. The van der Waals surface area contributed by atoms with Crippen LogP contribution in [-0.4, -0.2) is 28.2 Å². The van der Waals surface area contributed by atoms with Crippen molar-refractivity contribution < 1.29 is 13.9 Å². The number of aryl methyl sites for hydroxylation is 1. The third-order valence-corrected chi connectivity index (χ3v) is 7.33. The van der Waals surface area contributed by atoms with Crippen LogP contribution in [0.2, 0.25) is 0 Å². The zero-order chi connectivity index (χ0) is 24.4. The van der Waals surface area contributed by atoms with Crippen LogP contribution in [0.3, 0.4) is 0 Å². The van der Waals surface area contributed by atoms with Crippen molar-refractivity contribution in [2.45, 2.75) is 45.9 Å². The number of amides is 1. The number of furan rings is 1. The first-order valence-electron chi connectivity index (χ1n) is 11.6. The van der Waals surface area contributed by atoms with Gasteiger partial charge in [-0.25, -0.2) is 4.98 Å². The summed E-state index contributed by atoms with van der Waals surface area (Å²) in [7, 11) is 0. The van der Waals surface area contributed by atoms with E-state index in [1.54, 1.807) is 17.4 Å². The number of rotatable bonds is 7. The van der Waals surface area contributed by atoms with Gasteiger partial charge in [0.25, 0.3) is 5.91 Å². The Morgan fingerprint density at radius 1 is 1.31 bits per heavy atom. The number of nitriles is 1. The second-order valence-corrected chi connectivity index (χ2v) is 9.71. The lowest BCUT2D eigenvalue weighted by Gasteiger charge is -2.14. The molecule has 1 aromatic carbocycles. The first-order valence-corrected chi connectivity index (χ1v) is 12.5. The highest BCUT2D eigenvalue weighted by Gasteiger charge is 2.19. The third-order valence-electron chi connectivity index (χ3n) is 6.28. The number of carbonyl (C=O) groups is 1. The highest BCUT2D eigenvalue weighted by molar-refractivity contribution is 7.21. The Kier molecular flexibility index (Phi) is 6.53. The number of hydrogen-bond acceptors (Lipinski definition) is 6. The summed E-state index contributed by atoms with van der Waals surface area (Å²) in [5.41, 5.74) is 3.95. The Morgan fingerprint density at radius 3 is 2.94 bits per heavy atom. The number of ether oxygens (including phenoxy) is 1. The Balaban J connectivity index is 1.26. The van der Waals surface area contributed by atoms with Gasteiger partial charge in [0.05, 0.1) is 22.9 Å². The monoisotopic (exact) mass is 486 g/mol. The van der Waals surface area contributed by atoms with Gasteiger partial charge < -0.3 is 19.0 Å². The molecule has 3 aromatic heterocycles. The van der Waals surface area contributed by atoms with Crippen molar-refractivity contribution in [3.8, 4) is 16.8 Å². The normalized spacial score (nSPS) is 16.0. The number of para-hydroxylation sites is 1. The standard InChI is InChI=1S/C27H26N4O3S/c1-17-12-19(18(2)31(17)16-22-6-5-11-33-22)13-20(14-28)26(32)29-15-21-9-10-24(34-21)27-30-23-7-3-4-8-25(23)35-27/h3-4,7-10,12-13,22H,5-6,11,15-16H2,1-2H3,(H,29,32)/b20-13+. The molecule has 1 amide bonds. The van der Waals surface area contributed by atoms with Gasteiger partial charge in [-0.2, -0.15) is 5.26 Å². The highest BCUT2D eigenvalue weighted by Crippen LogP contribution is 2.31. The number of thiazole rings is 1. The zero-order valence-corrected chi connectivity index (χ0v) is 20.5. The predicted octanol–water partition coefficient (Wildman–Crippen LogP) is 5.38. The molecule has 0 radical (unpaired) electrons. The number of aromatic nitrogens is 2. The van der Waals surface area contributed by atoms with Gasteiger partial charge >= 0.3 is 0 Å². The molecule has 4 aromatic rings. The van der Waals surface area contributed by atoms with Gasteiger partial charge in [0.2, 0.25) is 0 Å². The Bertz CT molecular complexity index is 1410. The molecule has 5 rings (SSSR count). The van der Waals surface area contributed by atoms with E-state index >= 15 is 0 Å². The Hall–Kier alpha value is -3.67. The van der Waals surface area contributed by atoms with E-state index in [1.165, 1.54) is 0 Å². The molecule has 0 aliphatic carbocycles. The van der Waals surface area contributed by atoms with Crippen molar-refractivity contribution in [1.29, 1.82) is 5.26 Å². The second kappa shape index (κ2) is 9.90. The fourth-order valence-electron chi connectivity index (χ4n) is 4.38. The van der Waals surface area contributed by atoms with Gasteiger partial charge in [-0.15, -0.1) is 11.3 Å². The van der Waals surface area contributed by atoms with E-state index in [-0.39, 0.29) is 18.2 Å². The van der Waals surface area contributed by atoms with Gasteiger partial charge in [0.15, 0.2) is 10.8 Å². The molecule has 0 bridgehead atoms. The molecule has 1 aliphatic rings. The molecule has 4 heterocycles. The maximum atomic E-state index is 12.7. The number of benzene rings is 1. The SMILES string of the molecule is Cc1cc(/C=C(\C#N)C(=O)NCc2ccc(-c3nc4ccccc4s3)o2)c(C)n1CC1CCCO1. The number of nitrogens with one attached hydrogen (secondary N) is 1. The molecule has 1 N–H and O–H groups in total. The maximum Gasteiger partial charge on any atom is 0.262 e.